The first-order valence-corrected chi connectivity index (χ1v) is 16.5. The summed E-state index contributed by atoms with van der Waals surface area (Å²) in [4.78, 5) is 51.0. The highest BCUT2D eigenvalue weighted by molar-refractivity contribution is 5.86. The fourth-order valence-corrected chi connectivity index (χ4v) is 4.90. The van der Waals surface area contributed by atoms with E-state index >= 15 is 0 Å². The second kappa shape index (κ2) is 21.5. The Morgan fingerprint density at radius 2 is 1.38 bits per heavy atom. The van der Waals surface area contributed by atoms with Crippen LogP contribution in [0.2, 0.25) is 0 Å². The van der Waals surface area contributed by atoms with Gasteiger partial charge in [0.15, 0.2) is 0 Å². The van der Waals surface area contributed by atoms with E-state index in [0.717, 1.165) is 16.7 Å². The first-order chi connectivity index (χ1) is 24.2. The molecule has 0 aliphatic rings. The van der Waals surface area contributed by atoms with Crippen LogP contribution in [0.4, 0.5) is 4.79 Å². The number of rotatable bonds is 21. The van der Waals surface area contributed by atoms with Crippen molar-refractivity contribution in [3.8, 4) is 5.75 Å². The maximum atomic E-state index is 13.1. The maximum absolute atomic E-state index is 13.1. The van der Waals surface area contributed by atoms with Gasteiger partial charge in [0.2, 0.25) is 11.8 Å². The van der Waals surface area contributed by atoms with E-state index in [1.165, 1.54) is 6.08 Å². The van der Waals surface area contributed by atoms with E-state index in [0.29, 0.717) is 18.8 Å². The molecule has 0 saturated carbocycles. The molecule has 3 rings (SSSR count). The van der Waals surface area contributed by atoms with Crippen LogP contribution in [-0.4, -0.2) is 60.3 Å². The molecular weight excluding hydrogens is 638 g/mol. The summed E-state index contributed by atoms with van der Waals surface area (Å²) in [6.07, 6.45) is 2.83. The van der Waals surface area contributed by atoms with E-state index in [4.69, 9.17) is 14.2 Å². The van der Waals surface area contributed by atoms with Crippen LogP contribution in [0.25, 0.3) is 0 Å². The van der Waals surface area contributed by atoms with Gasteiger partial charge in [-0.25, -0.2) is 9.59 Å². The predicted molar refractivity (Wildman–Crippen MR) is 190 cm³/mol. The molecule has 266 valence electrons. The van der Waals surface area contributed by atoms with Crippen molar-refractivity contribution in [1.82, 2.24) is 16.0 Å². The van der Waals surface area contributed by atoms with Crippen LogP contribution < -0.4 is 20.7 Å². The lowest BCUT2D eigenvalue weighted by atomic mass is 9.98. The number of hydrogen-bond donors (Lipinski definition) is 4. The zero-order valence-electron chi connectivity index (χ0n) is 28.4. The minimum absolute atomic E-state index is 0.0374. The van der Waals surface area contributed by atoms with Gasteiger partial charge in [-0.2, -0.15) is 0 Å². The van der Waals surface area contributed by atoms with Gasteiger partial charge >= 0.3 is 12.1 Å². The molecule has 0 spiro atoms. The molecule has 3 aromatic carbocycles. The van der Waals surface area contributed by atoms with Crippen molar-refractivity contribution in [3.05, 3.63) is 127 Å². The van der Waals surface area contributed by atoms with Crippen molar-refractivity contribution in [2.45, 2.75) is 63.9 Å². The number of esters is 1. The Kier molecular flexibility index (Phi) is 16.8. The standard InChI is InChI=1S/C39H47N3O8/c1-4-12-32(23-36(44)41-33(24-43)22-29-18-20-34(21-19-29)48-26-30-14-8-6-9-15-30)37(45)40-28(3)25-49-38(46)35(13-5-2)42-39(47)50-27-31-16-10-7-11-17-31/h4-11,14-21,28,32-33,35,43H,1-2,12-13,22-27H2,3H3,(H,40,45)(H,41,44)(H,42,47). The van der Waals surface area contributed by atoms with Gasteiger partial charge in [-0.3, -0.25) is 9.59 Å². The Morgan fingerprint density at radius 1 is 0.760 bits per heavy atom. The summed E-state index contributed by atoms with van der Waals surface area (Å²) >= 11 is 0. The zero-order chi connectivity index (χ0) is 36.1. The largest absolute Gasteiger partial charge is 0.489 e. The molecule has 0 fully saturated rings. The number of benzene rings is 3. The molecule has 0 radical (unpaired) electrons. The third-order valence-electron chi connectivity index (χ3n) is 7.55. The highest BCUT2D eigenvalue weighted by Crippen LogP contribution is 2.16. The summed E-state index contributed by atoms with van der Waals surface area (Å²) in [7, 11) is 0. The number of carbonyl (C=O) groups is 4. The monoisotopic (exact) mass is 685 g/mol. The zero-order valence-corrected chi connectivity index (χ0v) is 28.4. The molecule has 11 nitrogen and oxygen atoms in total. The predicted octanol–water partition coefficient (Wildman–Crippen LogP) is 4.79. The number of nitrogens with one attached hydrogen (secondary N) is 3. The Labute approximate surface area is 293 Å². The van der Waals surface area contributed by atoms with Gasteiger partial charge < -0.3 is 35.3 Å². The molecule has 4 unspecified atom stereocenters. The minimum Gasteiger partial charge on any atom is -0.489 e. The van der Waals surface area contributed by atoms with E-state index in [9.17, 15) is 24.3 Å². The SMILES string of the molecule is C=CCC(CC(=O)NC(CO)Cc1ccc(OCc2ccccc2)cc1)C(=O)NC(C)COC(=O)C(CC=C)NC(=O)OCc1ccccc1. The van der Waals surface area contributed by atoms with Crippen LogP contribution in [0.5, 0.6) is 5.75 Å². The molecule has 0 aromatic heterocycles. The van der Waals surface area contributed by atoms with Gasteiger partial charge in [-0.15, -0.1) is 13.2 Å². The van der Waals surface area contributed by atoms with Crippen molar-refractivity contribution in [1.29, 1.82) is 0 Å². The van der Waals surface area contributed by atoms with E-state index < -0.39 is 47.9 Å². The molecule has 0 aliphatic carbocycles. The number of alkyl carbamates (subject to hydrolysis) is 1. The molecule has 0 aliphatic heterocycles. The molecule has 0 saturated heterocycles. The molecule has 11 heteroatoms. The number of ether oxygens (including phenoxy) is 3. The molecule has 4 N–H and O–H groups in total. The topological polar surface area (TPSA) is 152 Å². The van der Waals surface area contributed by atoms with E-state index in [-0.39, 0.29) is 39.1 Å². The Bertz CT molecular complexity index is 1520. The third kappa shape index (κ3) is 14.4. The van der Waals surface area contributed by atoms with E-state index in [2.05, 4.69) is 29.1 Å². The minimum atomic E-state index is -1.03. The van der Waals surface area contributed by atoms with Gasteiger partial charge in [0.05, 0.1) is 24.6 Å². The molecule has 3 amide bonds. The summed E-state index contributed by atoms with van der Waals surface area (Å²) in [6, 6.07) is 24.2. The average molecular weight is 686 g/mol. The Hall–Kier alpha value is -5.42. The number of hydrogen-bond acceptors (Lipinski definition) is 8. The number of aliphatic hydroxyl groups is 1. The molecular formula is C39H47N3O8. The Balaban J connectivity index is 1.43. The van der Waals surface area contributed by atoms with Crippen LogP contribution in [0.1, 0.15) is 42.9 Å². The number of allylic oxidation sites excluding steroid dienone is 1. The second-order valence-corrected chi connectivity index (χ2v) is 11.8. The van der Waals surface area contributed by atoms with Crippen LogP contribution >= 0.6 is 0 Å². The summed E-state index contributed by atoms with van der Waals surface area (Å²) in [5.74, 6) is -1.56. The van der Waals surface area contributed by atoms with Gasteiger partial charge in [-0.05, 0) is 55.0 Å². The lowest BCUT2D eigenvalue weighted by Crippen LogP contribution is -2.45. The quantitative estimate of drug-likeness (QED) is 0.0924. The fourth-order valence-electron chi connectivity index (χ4n) is 4.90. The highest BCUT2D eigenvalue weighted by Gasteiger charge is 2.26. The first kappa shape index (κ1) is 39.0. The second-order valence-electron chi connectivity index (χ2n) is 11.8. The fraction of sp³-hybridized carbons (Fsp3) is 0.333. The smallest absolute Gasteiger partial charge is 0.408 e. The highest BCUT2D eigenvalue weighted by atomic mass is 16.6. The van der Waals surface area contributed by atoms with E-state index in [1.807, 2.05) is 84.9 Å². The average Bonchev–Trinajstić information content (AvgIpc) is 3.12. The van der Waals surface area contributed by atoms with Crippen molar-refractivity contribution >= 4 is 23.9 Å². The van der Waals surface area contributed by atoms with Crippen molar-refractivity contribution in [3.63, 3.8) is 0 Å². The number of aliphatic hydroxyl groups excluding tert-OH is 1. The number of amides is 3. The van der Waals surface area contributed by atoms with Crippen molar-refractivity contribution in [2.24, 2.45) is 5.92 Å². The van der Waals surface area contributed by atoms with Gasteiger partial charge in [0, 0.05) is 6.42 Å². The lowest BCUT2D eigenvalue weighted by Gasteiger charge is -2.22. The molecule has 4 atom stereocenters. The molecule has 0 bridgehead atoms. The van der Waals surface area contributed by atoms with Gasteiger partial charge in [0.25, 0.3) is 0 Å². The van der Waals surface area contributed by atoms with Crippen molar-refractivity contribution in [2.75, 3.05) is 13.2 Å². The lowest BCUT2D eigenvalue weighted by molar-refractivity contribution is -0.147. The normalized spacial score (nSPS) is 13.0. The Morgan fingerprint density at radius 3 is 1.98 bits per heavy atom. The van der Waals surface area contributed by atoms with E-state index in [1.54, 1.807) is 13.0 Å². The van der Waals surface area contributed by atoms with Crippen molar-refractivity contribution < 1.29 is 38.5 Å². The maximum Gasteiger partial charge on any atom is 0.408 e. The number of carbonyl (C=O) groups excluding carboxylic acids is 4. The first-order valence-electron chi connectivity index (χ1n) is 16.5. The summed E-state index contributed by atoms with van der Waals surface area (Å²) in [5.41, 5.74) is 2.75. The summed E-state index contributed by atoms with van der Waals surface area (Å²) in [5, 5.41) is 18.0. The van der Waals surface area contributed by atoms with Gasteiger partial charge in [-0.1, -0.05) is 84.9 Å². The van der Waals surface area contributed by atoms with Crippen LogP contribution in [0.15, 0.2) is 110 Å². The van der Waals surface area contributed by atoms with Gasteiger partial charge in [0.1, 0.15) is 31.6 Å². The molecule has 3 aromatic rings. The molecule has 0 heterocycles. The molecule has 50 heavy (non-hydrogen) atoms. The summed E-state index contributed by atoms with van der Waals surface area (Å²) in [6.45, 7) is 9.01. The summed E-state index contributed by atoms with van der Waals surface area (Å²) < 4.78 is 16.4. The van der Waals surface area contributed by atoms with Crippen LogP contribution in [0.3, 0.4) is 0 Å². The van der Waals surface area contributed by atoms with Crippen LogP contribution in [0, 0.1) is 5.92 Å². The van der Waals surface area contributed by atoms with Crippen LogP contribution in [-0.2, 0) is 43.5 Å². The third-order valence-corrected chi connectivity index (χ3v) is 7.55.